The molecule has 3 rings (SSSR count). The second-order valence-electron chi connectivity index (χ2n) is 6.84. The van der Waals surface area contributed by atoms with Crippen molar-refractivity contribution < 1.29 is 29.5 Å². The highest BCUT2D eigenvalue weighted by atomic mass is 35.5. The molecule has 11 nitrogen and oxygen atoms in total. The van der Waals surface area contributed by atoms with Gasteiger partial charge in [-0.05, 0) is 37.3 Å². The Morgan fingerprint density at radius 1 is 1.06 bits per heavy atom. The van der Waals surface area contributed by atoms with E-state index in [1.165, 1.54) is 30.5 Å². The van der Waals surface area contributed by atoms with Gasteiger partial charge in [-0.25, -0.2) is 10.2 Å². The lowest BCUT2D eigenvalue weighted by Gasteiger charge is -2.06. The molecule has 0 spiro atoms. The second-order valence-corrected chi connectivity index (χ2v) is 8.54. The smallest absolute Gasteiger partial charge is 0.342 e. The minimum atomic E-state index is -1.51. The third kappa shape index (κ3) is 5.74. The van der Waals surface area contributed by atoms with Gasteiger partial charge in [0.25, 0.3) is 17.5 Å². The number of carbonyl (C=O) groups excluding carboxylic acids is 2. The number of halogens is 2. The molecule has 1 aromatic heterocycles. The number of nitro groups is 1. The van der Waals surface area contributed by atoms with Gasteiger partial charge in [-0.2, -0.15) is 5.10 Å². The summed E-state index contributed by atoms with van der Waals surface area (Å²) in [6.07, 6.45) is 0. The average Bonchev–Trinajstić information content (AvgIpc) is 3.20. The lowest BCUT2D eigenvalue weighted by Crippen LogP contribution is -2.20. The van der Waals surface area contributed by atoms with Crippen molar-refractivity contribution in [1.82, 2.24) is 5.43 Å². The van der Waals surface area contributed by atoms with Crippen molar-refractivity contribution >= 4 is 69.4 Å². The van der Waals surface area contributed by atoms with E-state index in [1.54, 1.807) is 0 Å². The van der Waals surface area contributed by atoms with Crippen molar-refractivity contribution in [2.75, 3.05) is 5.32 Å². The van der Waals surface area contributed by atoms with E-state index in [0.717, 1.165) is 29.5 Å². The van der Waals surface area contributed by atoms with Crippen molar-refractivity contribution in [3.05, 3.63) is 83.5 Å². The molecule has 0 bridgehead atoms. The Hall–Kier alpha value is -4.00. The van der Waals surface area contributed by atoms with E-state index in [-0.39, 0.29) is 32.5 Å². The Kier molecular flexibility index (Phi) is 7.69. The third-order valence-electron chi connectivity index (χ3n) is 4.55. The summed E-state index contributed by atoms with van der Waals surface area (Å²) in [7, 11) is 0. The fraction of sp³-hybridized carbons (Fsp3) is 0.0476. The highest BCUT2D eigenvalue weighted by Gasteiger charge is 2.23. The molecule has 2 aromatic carbocycles. The number of nitro benzene ring substituents is 1. The predicted octanol–water partition coefficient (Wildman–Crippen LogP) is 4.77. The number of carboxylic acid groups (broad SMARTS) is 1. The van der Waals surface area contributed by atoms with Gasteiger partial charge in [-0.15, -0.1) is 11.3 Å². The number of hydrogen-bond donors (Lipinski definition) is 4. The molecular formula is C21H14Cl2N4O7S. The number of carboxylic acids is 1. The number of thiophene rings is 1. The van der Waals surface area contributed by atoms with Crippen molar-refractivity contribution in [2.24, 2.45) is 5.10 Å². The monoisotopic (exact) mass is 536 g/mol. The molecule has 0 aliphatic rings. The topological polar surface area (TPSA) is 171 Å². The van der Waals surface area contributed by atoms with Crippen LogP contribution in [0, 0.1) is 10.1 Å². The lowest BCUT2D eigenvalue weighted by atomic mass is 10.1. The van der Waals surface area contributed by atoms with Crippen LogP contribution >= 0.6 is 34.5 Å². The zero-order valence-electron chi connectivity index (χ0n) is 17.5. The minimum absolute atomic E-state index is 0.0215. The van der Waals surface area contributed by atoms with Gasteiger partial charge in [0.2, 0.25) is 0 Å². The molecule has 2 amide bonds. The average molecular weight is 537 g/mol. The third-order valence-corrected chi connectivity index (χ3v) is 6.26. The Labute approximate surface area is 210 Å². The maximum Gasteiger partial charge on any atom is 0.342 e. The standard InChI is InChI=1S/C21H14Cl2N4O7S/c1-9(25-26-19(29)10-2-4-12(21(31)32)16(6-10)27(33)34)13-8-35-18(17(13)28)20(30)24-11-3-5-14(22)15(23)7-11/h2-8,28H,1H3,(H,24,30)(H,26,29)(H,31,32). The molecule has 0 atom stereocenters. The molecule has 4 N–H and O–H groups in total. The number of aromatic hydroxyl groups is 1. The van der Waals surface area contributed by atoms with Crippen LogP contribution in [-0.4, -0.2) is 38.6 Å². The molecule has 0 fully saturated rings. The zero-order chi connectivity index (χ0) is 25.9. The zero-order valence-corrected chi connectivity index (χ0v) is 19.9. The van der Waals surface area contributed by atoms with E-state index in [9.17, 15) is 29.6 Å². The van der Waals surface area contributed by atoms with Crippen LogP contribution in [0.3, 0.4) is 0 Å². The van der Waals surface area contributed by atoms with Gasteiger partial charge in [-0.3, -0.25) is 19.7 Å². The van der Waals surface area contributed by atoms with Gasteiger partial charge in [0.1, 0.15) is 16.2 Å². The summed E-state index contributed by atoms with van der Waals surface area (Å²) in [6, 6.07) is 7.34. The van der Waals surface area contributed by atoms with Gasteiger partial charge >= 0.3 is 5.97 Å². The molecule has 0 radical (unpaired) electrons. The summed E-state index contributed by atoms with van der Waals surface area (Å²) in [4.78, 5) is 46.2. The first-order valence-corrected chi connectivity index (χ1v) is 11.1. The summed E-state index contributed by atoms with van der Waals surface area (Å²) in [5, 5.41) is 39.1. The number of nitrogens with one attached hydrogen (secondary N) is 2. The molecular weight excluding hydrogens is 523 g/mol. The summed E-state index contributed by atoms with van der Waals surface area (Å²) < 4.78 is 0. The maximum absolute atomic E-state index is 12.5. The number of hydrogen-bond acceptors (Lipinski definition) is 8. The molecule has 0 unspecified atom stereocenters. The number of hydrazone groups is 1. The number of amides is 2. The first-order chi connectivity index (χ1) is 16.5. The Balaban J connectivity index is 1.76. The Bertz CT molecular complexity index is 1400. The van der Waals surface area contributed by atoms with Gasteiger partial charge in [0.15, 0.2) is 0 Å². The number of nitrogens with zero attached hydrogens (tertiary/aromatic N) is 2. The van der Waals surface area contributed by atoms with E-state index >= 15 is 0 Å². The molecule has 35 heavy (non-hydrogen) atoms. The Morgan fingerprint density at radius 3 is 2.40 bits per heavy atom. The molecule has 0 saturated heterocycles. The van der Waals surface area contributed by atoms with Crippen molar-refractivity contribution in [2.45, 2.75) is 6.92 Å². The van der Waals surface area contributed by atoms with Crippen LogP contribution < -0.4 is 10.7 Å². The SMILES string of the molecule is CC(=NNC(=O)c1ccc(C(=O)O)c([N+](=O)[O-])c1)c1csc(C(=O)Nc2ccc(Cl)c(Cl)c2)c1O. The number of carbonyl (C=O) groups is 3. The maximum atomic E-state index is 12.5. The molecule has 0 saturated carbocycles. The lowest BCUT2D eigenvalue weighted by molar-refractivity contribution is -0.385. The van der Waals surface area contributed by atoms with E-state index < -0.39 is 34.0 Å². The summed E-state index contributed by atoms with van der Waals surface area (Å²) >= 11 is 12.7. The van der Waals surface area contributed by atoms with Crippen LogP contribution in [0.5, 0.6) is 5.75 Å². The highest BCUT2D eigenvalue weighted by Crippen LogP contribution is 2.32. The summed E-state index contributed by atoms with van der Waals surface area (Å²) in [6.45, 7) is 1.46. The van der Waals surface area contributed by atoms with Gasteiger partial charge in [-0.1, -0.05) is 23.2 Å². The predicted molar refractivity (Wildman–Crippen MR) is 130 cm³/mol. The minimum Gasteiger partial charge on any atom is -0.506 e. The largest absolute Gasteiger partial charge is 0.506 e. The molecule has 3 aromatic rings. The van der Waals surface area contributed by atoms with Gasteiger partial charge in [0.05, 0.1) is 26.2 Å². The summed E-state index contributed by atoms with van der Waals surface area (Å²) in [5.41, 5.74) is 1.32. The van der Waals surface area contributed by atoms with E-state index in [0.29, 0.717) is 10.7 Å². The van der Waals surface area contributed by atoms with Crippen LogP contribution in [0.1, 0.15) is 42.9 Å². The van der Waals surface area contributed by atoms with Crippen LogP contribution in [0.25, 0.3) is 0 Å². The first-order valence-electron chi connectivity index (χ1n) is 9.43. The molecule has 0 aliphatic carbocycles. The van der Waals surface area contributed by atoms with Crippen molar-refractivity contribution in [3.63, 3.8) is 0 Å². The normalized spacial score (nSPS) is 11.1. The van der Waals surface area contributed by atoms with Crippen LogP contribution in [-0.2, 0) is 0 Å². The van der Waals surface area contributed by atoms with Crippen LogP contribution in [0.15, 0.2) is 46.9 Å². The molecule has 1 heterocycles. The number of rotatable bonds is 7. The van der Waals surface area contributed by atoms with E-state index in [4.69, 9.17) is 28.3 Å². The highest BCUT2D eigenvalue weighted by molar-refractivity contribution is 7.13. The fourth-order valence-corrected chi connectivity index (χ4v) is 3.99. The Morgan fingerprint density at radius 2 is 1.77 bits per heavy atom. The van der Waals surface area contributed by atoms with Crippen LogP contribution in [0.4, 0.5) is 11.4 Å². The number of benzene rings is 2. The molecule has 14 heteroatoms. The second kappa shape index (κ2) is 10.5. The molecule has 0 aliphatic heterocycles. The fourth-order valence-electron chi connectivity index (χ4n) is 2.80. The van der Waals surface area contributed by atoms with E-state index in [2.05, 4.69) is 15.8 Å². The number of aromatic carboxylic acids is 1. The molecule has 180 valence electrons. The van der Waals surface area contributed by atoms with Gasteiger partial charge in [0, 0.05) is 22.7 Å². The van der Waals surface area contributed by atoms with Crippen molar-refractivity contribution in [1.29, 1.82) is 0 Å². The van der Waals surface area contributed by atoms with E-state index in [1.807, 2.05) is 0 Å². The van der Waals surface area contributed by atoms with Gasteiger partial charge < -0.3 is 15.5 Å². The number of anilines is 1. The van der Waals surface area contributed by atoms with Crippen molar-refractivity contribution in [3.8, 4) is 5.75 Å². The quantitative estimate of drug-likeness (QED) is 0.191. The van der Waals surface area contributed by atoms with Crippen LogP contribution in [0.2, 0.25) is 10.0 Å². The first kappa shape index (κ1) is 25.6. The summed E-state index contributed by atoms with van der Waals surface area (Å²) in [5.74, 6) is -3.34.